The zero-order chi connectivity index (χ0) is 20.0. The monoisotopic (exact) mass is 394 g/mol. The molecule has 3 heterocycles. The number of H-pyrrole nitrogens is 1. The third kappa shape index (κ3) is 3.11. The van der Waals surface area contributed by atoms with Crippen molar-refractivity contribution in [2.75, 3.05) is 23.0 Å². The van der Waals surface area contributed by atoms with Gasteiger partial charge in [-0.25, -0.2) is 14.2 Å². The number of hydrogen-bond donors (Lipinski definition) is 2. The fourth-order valence-corrected chi connectivity index (χ4v) is 3.88. The van der Waals surface area contributed by atoms with Crippen molar-refractivity contribution in [3.8, 4) is 11.1 Å². The smallest absolute Gasteiger partial charge is 0.414 e. The van der Waals surface area contributed by atoms with Crippen LogP contribution in [0, 0.1) is 5.82 Å². The van der Waals surface area contributed by atoms with Crippen LogP contribution in [-0.2, 0) is 17.8 Å². The molecule has 1 atom stereocenters. The number of halogens is 1. The van der Waals surface area contributed by atoms with Crippen molar-refractivity contribution in [2.45, 2.75) is 19.2 Å². The van der Waals surface area contributed by atoms with Crippen LogP contribution in [0.3, 0.4) is 0 Å². The molecule has 0 unspecified atom stereocenters. The zero-order valence-corrected chi connectivity index (χ0v) is 15.5. The second-order valence-corrected chi connectivity index (χ2v) is 7.22. The maximum Gasteiger partial charge on any atom is 0.414 e. The average Bonchev–Trinajstić information content (AvgIpc) is 3.46. The maximum atomic E-state index is 14.9. The Kier molecular flexibility index (Phi) is 4.21. The molecule has 29 heavy (non-hydrogen) atoms. The lowest BCUT2D eigenvalue weighted by Crippen LogP contribution is -2.25. The molecule has 0 saturated carbocycles. The number of amides is 1. The number of rotatable bonds is 4. The molecular formula is C21H19FN4O3. The molecule has 2 N–H and O–H groups in total. The molecule has 5 rings (SSSR count). The fourth-order valence-electron chi connectivity index (χ4n) is 3.88. The molecule has 2 aromatic carbocycles. The van der Waals surface area contributed by atoms with E-state index in [1.54, 1.807) is 24.5 Å². The largest absolute Gasteiger partial charge is 0.441 e. The Morgan fingerprint density at radius 1 is 1.21 bits per heavy atom. The van der Waals surface area contributed by atoms with Gasteiger partial charge in [-0.05, 0) is 41.0 Å². The number of cyclic esters (lactones) is 1. The molecule has 3 aromatic rings. The Bertz CT molecular complexity index is 1070. The summed E-state index contributed by atoms with van der Waals surface area (Å²) in [6, 6.07) is 10.6. The lowest BCUT2D eigenvalue weighted by atomic mass is 10.00. The minimum atomic E-state index is -0.584. The lowest BCUT2D eigenvalue weighted by molar-refractivity contribution is 0.0963. The number of anilines is 2. The Labute approximate surface area is 166 Å². The molecular weight excluding hydrogens is 375 g/mol. The van der Waals surface area contributed by atoms with Crippen LogP contribution in [0.15, 0.2) is 48.8 Å². The number of hydrogen-bond acceptors (Lipinski definition) is 5. The summed E-state index contributed by atoms with van der Waals surface area (Å²) in [6.07, 6.45) is 2.35. The van der Waals surface area contributed by atoms with Crippen molar-refractivity contribution < 1.29 is 19.0 Å². The van der Waals surface area contributed by atoms with Crippen LogP contribution in [0.5, 0.6) is 0 Å². The van der Waals surface area contributed by atoms with E-state index in [-0.39, 0.29) is 13.2 Å². The van der Waals surface area contributed by atoms with Crippen LogP contribution in [0.4, 0.5) is 20.8 Å². The van der Waals surface area contributed by atoms with Crippen molar-refractivity contribution in [1.29, 1.82) is 0 Å². The summed E-state index contributed by atoms with van der Waals surface area (Å²) in [5, 5.41) is 9.16. The number of aliphatic hydroxyl groups is 1. The predicted octanol–water partition coefficient (Wildman–Crippen LogP) is 3.05. The molecule has 1 saturated heterocycles. The van der Waals surface area contributed by atoms with Crippen molar-refractivity contribution in [2.24, 2.45) is 0 Å². The summed E-state index contributed by atoms with van der Waals surface area (Å²) in [4.78, 5) is 22.8. The van der Waals surface area contributed by atoms with Crippen LogP contribution in [0.25, 0.3) is 11.1 Å². The van der Waals surface area contributed by atoms with E-state index in [1.165, 1.54) is 16.5 Å². The van der Waals surface area contributed by atoms with Gasteiger partial charge in [-0.15, -0.1) is 0 Å². The maximum absolute atomic E-state index is 14.9. The van der Waals surface area contributed by atoms with Gasteiger partial charge in [0.2, 0.25) is 5.95 Å². The van der Waals surface area contributed by atoms with Gasteiger partial charge in [0.15, 0.2) is 0 Å². The fraction of sp³-hybridized carbons (Fsp3) is 0.238. The van der Waals surface area contributed by atoms with Crippen molar-refractivity contribution in [3.63, 3.8) is 0 Å². The third-order valence-electron chi connectivity index (χ3n) is 5.37. The average molecular weight is 394 g/mol. The van der Waals surface area contributed by atoms with Crippen LogP contribution in [0.1, 0.15) is 11.1 Å². The first-order chi connectivity index (χ1) is 14.1. The minimum Gasteiger partial charge on any atom is -0.441 e. The normalized spacial score (nSPS) is 18.3. The standard InChI is InChI=1S/C21H19FN4O3/c22-19-8-16(26-11-17(12-27)29-21(26)28)3-4-18(19)13-1-2-14-9-25(10-15(14)7-13)20-23-5-6-24-20/h1-8,17,27H,9-12H2,(H,23,24)/t17-/m1/s1. The van der Waals surface area contributed by atoms with Crippen LogP contribution in [-0.4, -0.2) is 40.4 Å². The lowest BCUT2D eigenvalue weighted by Gasteiger charge is -2.14. The molecule has 0 spiro atoms. The van der Waals surface area contributed by atoms with E-state index in [0.29, 0.717) is 17.8 Å². The van der Waals surface area contributed by atoms with Crippen molar-refractivity contribution in [3.05, 3.63) is 65.7 Å². The number of nitrogens with zero attached hydrogens (tertiary/aromatic N) is 3. The summed E-state index contributed by atoms with van der Waals surface area (Å²) in [6.45, 7) is 1.41. The molecule has 0 bridgehead atoms. The number of imidazole rings is 1. The second-order valence-electron chi connectivity index (χ2n) is 7.22. The highest BCUT2D eigenvalue weighted by atomic mass is 19.1. The van der Waals surface area contributed by atoms with Gasteiger partial charge in [-0.3, -0.25) is 4.90 Å². The molecule has 2 aliphatic heterocycles. The van der Waals surface area contributed by atoms with E-state index in [2.05, 4.69) is 14.9 Å². The van der Waals surface area contributed by atoms with Gasteiger partial charge in [0, 0.05) is 31.0 Å². The summed E-state index contributed by atoms with van der Waals surface area (Å²) < 4.78 is 19.9. The Balaban J connectivity index is 1.40. The van der Waals surface area contributed by atoms with Gasteiger partial charge in [-0.1, -0.05) is 12.1 Å². The first kappa shape index (κ1) is 17.7. The molecule has 8 heteroatoms. The summed E-state index contributed by atoms with van der Waals surface area (Å²) in [5.74, 6) is 0.403. The van der Waals surface area contributed by atoms with E-state index in [0.717, 1.165) is 23.6 Å². The highest BCUT2D eigenvalue weighted by Crippen LogP contribution is 2.33. The Morgan fingerprint density at radius 2 is 2.07 bits per heavy atom. The molecule has 1 aromatic heterocycles. The van der Waals surface area contributed by atoms with Gasteiger partial charge in [-0.2, -0.15) is 0 Å². The molecule has 0 radical (unpaired) electrons. The number of fused-ring (bicyclic) bond motifs is 1. The zero-order valence-electron chi connectivity index (χ0n) is 15.5. The molecule has 2 aliphatic rings. The highest BCUT2D eigenvalue weighted by Gasteiger charge is 2.32. The first-order valence-electron chi connectivity index (χ1n) is 9.37. The van der Waals surface area contributed by atoms with Crippen molar-refractivity contribution in [1.82, 2.24) is 9.97 Å². The summed E-state index contributed by atoms with van der Waals surface area (Å²) >= 11 is 0. The number of carbonyl (C=O) groups excluding carboxylic acids is 1. The highest BCUT2D eigenvalue weighted by molar-refractivity contribution is 5.90. The number of aromatic amines is 1. The number of aliphatic hydroxyl groups excluding tert-OH is 1. The number of ether oxygens (including phenoxy) is 1. The van der Waals surface area contributed by atoms with E-state index in [9.17, 15) is 9.18 Å². The number of nitrogens with one attached hydrogen (secondary N) is 1. The van der Waals surface area contributed by atoms with Crippen LogP contribution < -0.4 is 9.80 Å². The van der Waals surface area contributed by atoms with Crippen LogP contribution >= 0.6 is 0 Å². The summed E-state index contributed by atoms with van der Waals surface area (Å²) in [5.41, 5.74) is 4.00. The van der Waals surface area contributed by atoms with Gasteiger partial charge in [0.05, 0.1) is 18.8 Å². The van der Waals surface area contributed by atoms with Gasteiger partial charge in [0.25, 0.3) is 0 Å². The first-order valence-corrected chi connectivity index (χ1v) is 9.37. The minimum absolute atomic E-state index is 0.204. The van der Waals surface area contributed by atoms with Gasteiger partial charge < -0.3 is 19.7 Å². The van der Waals surface area contributed by atoms with E-state index >= 15 is 0 Å². The quantitative estimate of drug-likeness (QED) is 0.711. The summed E-state index contributed by atoms with van der Waals surface area (Å²) in [7, 11) is 0. The van der Waals surface area contributed by atoms with Crippen LogP contribution in [0.2, 0.25) is 0 Å². The van der Waals surface area contributed by atoms with Gasteiger partial charge >= 0.3 is 6.09 Å². The van der Waals surface area contributed by atoms with Crippen molar-refractivity contribution >= 4 is 17.7 Å². The molecule has 1 amide bonds. The third-order valence-corrected chi connectivity index (χ3v) is 5.37. The Hall–Kier alpha value is -3.39. The molecule has 7 nitrogen and oxygen atoms in total. The molecule has 0 aliphatic carbocycles. The van der Waals surface area contributed by atoms with Gasteiger partial charge in [0.1, 0.15) is 11.9 Å². The number of carbonyl (C=O) groups is 1. The number of aromatic nitrogens is 2. The Morgan fingerprint density at radius 3 is 2.79 bits per heavy atom. The predicted molar refractivity (Wildman–Crippen MR) is 105 cm³/mol. The number of benzene rings is 2. The topological polar surface area (TPSA) is 81.7 Å². The van der Waals surface area contributed by atoms with E-state index in [4.69, 9.17) is 9.84 Å². The van der Waals surface area contributed by atoms with E-state index in [1.807, 2.05) is 18.2 Å². The molecule has 148 valence electrons. The second kappa shape index (κ2) is 6.89. The molecule has 1 fully saturated rings. The van der Waals surface area contributed by atoms with E-state index < -0.39 is 18.0 Å². The SMILES string of the molecule is O=C1O[C@@H](CO)CN1c1ccc(-c2ccc3c(c2)CN(c2ncc[nH]2)C3)c(F)c1.